The van der Waals surface area contributed by atoms with E-state index in [1.807, 2.05) is 6.92 Å². The van der Waals surface area contributed by atoms with E-state index in [2.05, 4.69) is 10.0 Å². The third-order valence-corrected chi connectivity index (χ3v) is 4.41. The van der Waals surface area contributed by atoms with Gasteiger partial charge in [-0.3, -0.25) is 4.72 Å². The average Bonchev–Trinajstić information content (AvgIpc) is 2.43. The number of benzene rings is 2. The summed E-state index contributed by atoms with van der Waals surface area (Å²) in [5.74, 6) is -0.488. The molecule has 0 aliphatic rings. The van der Waals surface area contributed by atoms with Gasteiger partial charge in [-0.15, -0.1) is 0 Å². The minimum Gasteiger partial charge on any atom is -0.384 e. The Kier molecular flexibility index (Phi) is 4.47. The van der Waals surface area contributed by atoms with Gasteiger partial charge in [0.25, 0.3) is 10.0 Å². The van der Waals surface area contributed by atoms with Crippen molar-refractivity contribution in [3.05, 3.63) is 53.8 Å². The molecule has 0 spiro atoms. The zero-order valence-electron chi connectivity index (χ0n) is 11.9. The molecule has 0 atom stereocenters. The molecule has 0 unspecified atom stereocenters. The van der Waals surface area contributed by atoms with Gasteiger partial charge in [0.05, 0.1) is 11.4 Å². The Morgan fingerprint density at radius 1 is 1.10 bits per heavy atom. The van der Waals surface area contributed by atoms with Gasteiger partial charge >= 0.3 is 0 Å². The molecule has 0 aromatic heterocycles. The van der Waals surface area contributed by atoms with Gasteiger partial charge in [-0.1, -0.05) is 18.2 Å². The predicted octanol–water partition coefficient (Wildman–Crippen LogP) is 3.37. The summed E-state index contributed by atoms with van der Waals surface area (Å²) in [5.41, 5.74) is 1.41. The van der Waals surface area contributed by atoms with Gasteiger partial charge in [-0.05, 0) is 43.7 Å². The van der Waals surface area contributed by atoms with E-state index in [4.69, 9.17) is 0 Å². The Labute approximate surface area is 124 Å². The molecule has 0 aliphatic heterocycles. The standard InChI is InChI=1S/C15H17FN2O2S/c1-3-17-13-6-4-5-7-15(13)21(19,20)18-14-10-12(16)9-8-11(14)2/h4-10,17-18H,3H2,1-2H3. The normalized spacial score (nSPS) is 11.2. The van der Waals surface area contributed by atoms with Gasteiger partial charge in [0, 0.05) is 6.54 Å². The summed E-state index contributed by atoms with van der Waals surface area (Å²) < 4.78 is 40.7. The summed E-state index contributed by atoms with van der Waals surface area (Å²) >= 11 is 0. The van der Waals surface area contributed by atoms with E-state index in [0.29, 0.717) is 17.8 Å². The van der Waals surface area contributed by atoms with Gasteiger partial charge in [0.15, 0.2) is 0 Å². The molecule has 0 saturated carbocycles. The van der Waals surface area contributed by atoms with Crippen LogP contribution in [0.2, 0.25) is 0 Å². The fourth-order valence-corrected chi connectivity index (χ4v) is 3.25. The van der Waals surface area contributed by atoms with E-state index in [9.17, 15) is 12.8 Å². The van der Waals surface area contributed by atoms with Crippen LogP contribution >= 0.6 is 0 Å². The number of anilines is 2. The minimum absolute atomic E-state index is 0.135. The average molecular weight is 308 g/mol. The van der Waals surface area contributed by atoms with E-state index in [0.717, 1.165) is 0 Å². The first-order valence-corrected chi connectivity index (χ1v) is 8.04. The Hall–Kier alpha value is -2.08. The van der Waals surface area contributed by atoms with E-state index in [-0.39, 0.29) is 10.6 Å². The molecule has 2 rings (SSSR count). The largest absolute Gasteiger partial charge is 0.384 e. The molecule has 2 aromatic carbocycles. The Morgan fingerprint density at radius 3 is 2.52 bits per heavy atom. The predicted molar refractivity (Wildman–Crippen MR) is 82.6 cm³/mol. The molecule has 112 valence electrons. The molecule has 4 nitrogen and oxygen atoms in total. The molecule has 0 bridgehead atoms. The number of sulfonamides is 1. The maximum Gasteiger partial charge on any atom is 0.263 e. The summed E-state index contributed by atoms with van der Waals surface area (Å²) in [6, 6.07) is 10.6. The first kappa shape index (κ1) is 15.3. The van der Waals surface area contributed by atoms with Gasteiger partial charge < -0.3 is 5.32 Å². The number of halogens is 1. The van der Waals surface area contributed by atoms with Crippen molar-refractivity contribution < 1.29 is 12.8 Å². The lowest BCUT2D eigenvalue weighted by Gasteiger charge is -2.14. The van der Waals surface area contributed by atoms with Crippen molar-refractivity contribution in [1.82, 2.24) is 0 Å². The second kappa shape index (κ2) is 6.13. The maximum atomic E-state index is 13.3. The van der Waals surface area contributed by atoms with Crippen LogP contribution in [0.5, 0.6) is 0 Å². The van der Waals surface area contributed by atoms with Crippen molar-refractivity contribution in [3.63, 3.8) is 0 Å². The van der Waals surface area contributed by atoms with Crippen molar-refractivity contribution in [2.75, 3.05) is 16.6 Å². The molecule has 0 amide bonds. The van der Waals surface area contributed by atoms with Gasteiger partial charge in [0.1, 0.15) is 10.7 Å². The molecule has 2 aromatic rings. The van der Waals surface area contributed by atoms with Crippen LogP contribution in [0.4, 0.5) is 15.8 Å². The summed E-state index contributed by atoms with van der Waals surface area (Å²) in [7, 11) is -3.78. The lowest BCUT2D eigenvalue weighted by atomic mass is 10.2. The van der Waals surface area contributed by atoms with Crippen molar-refractivity contribution >= 4 is 21.4 Å². The van der Waals surface area contributed by atoms with Crippen molar-refractivity contribution in [1.29, 1.82) is 0 Å². The fraction of sp³-hybridized carbons (Fsp3) is 0.200. The smallest absolute Gasteiger partial charge is 0.263 e. The highest BCUT2D eigenvalue weighted by Gasteiger charge is 2.19. The van der Waals surface area contributed by atoms with E-state index >= 15 is 0 Å². The third kappa shape index (κ3) is 3.52. The Morgan fingerprint density at radius 2 is 1.81 bits per heavy atom. The number of rotatable bonds is 5. The molecular formula is C15H17FN2O2S. The van der Waals surface area contributed by atoms with Crippen molar-refractivity contribution in [3.8, 4) is 0 Å². The van der Waals surface area contributed by atoms with Gasteiger partial charge in [0.2, 0.25) is 0 Å². The van der Waals surface area contributed by atoms with Crippen LogP contribution in [0.1, 0.15) is 12.5 Å². The molecule has 21 heavy (non-hydrogen) atoms. The van der Waals surface area contributed by atoms with Gasteiger partial charge in [-0.2, -0.15) is 0 Å². The van der Waals surface area contributed by atoms with Crippen LogP contribution in [0.15, 0.2) is 47.4 Å². The van der Waals surface area contributed by atoms with Crippen LogP contribution in [0.3, 0.4) is 0 Å². The van der Waals surface area contributed by atoms with Crippen molar-refractivity contribution in [2.45, 2.75) is 18.7 Å². The van der Waals surface area contributed by atoms with E-state index < -0.39 is 15.8 Å². The van der Waals surface area contributed by atoms with E-state index in [1.165, 1.54) is 24.3 Å². The topological polar surface area (TPSA) is 58.2 Å². The summed E-state index contributed by atoms with van der Waals surface area (Å²) in [4.78, 5) is 0.135. The summed E-state index contributed by atoms with van der Waals surface area (Å²) in [5, 5.41) is 3.00. The van der Waals surface area contributed by atoms with Crippen LogP contribution in [-0.4, -0.2) is 15.0 Å². The fourth-order valence-electron chi connectivity index (χ4n) is 1.94. The first-order valence-electron chi connectivity index (χ1n) is 6.56. The van der Waals surface area contributed by atoms with E-state index in [1.54, 1.807) is 25.1 Å². The second-order valence-corrected chi connectivity index (χ2v) is 6.24. The zero-order valence-corrected chi connectivity index (χ0v) is 12.7. The number of aryl methyl sites for hydroxylation is 1. The van der Waals surface area contributed by atoms with Crippen LogP contribution < -0.4 is 10.0 Å². The highest BCUT2D eigenvalue weighted by molar-refractivity contribution is 7.92. The highest BCUT2D eigenvalue weighted by atomic mass is 32.2. The molecule has 0 fully saturated rings. The first-order chi connectivity index (χ1) is 9.94. The Bertz CT molecular complexity index is 745. The SMILES string of the molecule is CCNc1ccccc1S(=O)(=O)Nc1cc(F)ccc1C. The number of para-hydroxylation sites is 1. The maximum absolute atomic E-state index is 13.3. The second-order valence-electron chi connectivity index (χ2n) is 4.59. The van der Waals surface area contributed by atoms with Crippen LogP contribution in [-0.2, 0) is 10.0 Å². The quantitative estimate of drug-likeness (QED) is 0.890. The highest BCUT2D eigenvalue weighted by Crippen LogP contribution is 2.25. The molecule has 0 saturated heterocycles. The zero-order chi connectivity index (χ0) is 15.5. The monoisotopic (exact) mass is 308 g/mol. The molecule has 0 heterocycles. The minimum atomic E-state index is -3.78. The number of hydrogen-bond donors (Lipinski definition) is 2. The summed E-state index contributed by atoms with van der Waals surface area (Å²) in [6.07, 6.45) is 0. The molecule has 0 radical (unpaired) electrons. The van der Waals surface area contributed by atoms with Crippen LogP contribution in [0.25, 0.3) is 0 Å². The molecule has 0 aliphatic carbocycles. The molecular weight excluding hydrogens is 291 g/mol. The number of nitrogens with one attached hydrogen (secondary N) is 2. The lowest BCUT2D eigenvalue weighted by molar-refractivity contribution is 0.601. The Balaban J connectivity index is 2.41. The third-order valence-electron chi connectivity index (χ3n) is 2.99. The molecule has 2 N–H and O–H groups in total. The summed E-state index contributed by atoms with van der Waals surface area (Å²) in [6.45, 7) is 4.20. The lowest BCUT2D eigenvalue weighted by Crippen LogP contribution is -2.16. The van der Waals surface area contributed by atoms with Crippen LogP contribution in [0, 0.1) is 12.7 Å². The van der Waals surface area contributed by atoms with Gasteiger partial charge in [-0.25, -0.2) is 12.8 Å². The number of hydrogen-bond acceptors (Lipinski definition) is 3. The van der Waals surface area contributed by atoms with Crippen molar-refractivity contribution in [2.24, 2.45) is 0 Å². The molecule has 6 heteroatoms.